The largest absolute Gasteiger partial charge is 0.573 e. The van der Waals surface area contributed by atoms with Crippen molar-refractivity contribution in [2.45, 2.75) is 38.3 Å². The predicted octanol–water partition coefficient (Wildman–Crippen LogP) is 6.69. The first-order chi connectivity index (χ1) is 18.1. The maximum atomic E-state index is 13.8. The van der Waals surface area contributed by atoms with Crippen molar-refractivity contribution in [2.75, 3.05) is 5.32 Å². The second-order valence-electron chi connectivity index (χ2n) is 8.86. The van der Waals surface area contributed by atoms with E-state index in [-0.39, 0.29) is 11.2 Å². The fourth-order valence-electron chi connectivity index (χ4n) is 4.77. The number of hydrogen-bond acceptors (Lipinski definition) is 4. The van der Waals surface area contributed by atoms with Gasteiger partial charge < -0.3 is 15.0 Å². The van der Waals surface area contributed by atoms with E-state index in [2.05, 4.69) is 10.1 Å². The van der Waals surface area contributed by atoms with Crippen molar-refractivity contribution < 1.29 is 22.7 Å². The molecule has 1 aromatic heterocycles. The Labute approximate surface area is 220 Å². The molecule has 0 aliphatic carbocycles. The van der Waals surface area contributed by atoms with Gasteiger partial charge in [0.15, 0.2) is 5.75 Å². The van der Waals surface area contributed by atoms with Crippen LogP contribution in [0.3, 0.4) is 0 Å². The summed E-state index contributed by atoms with van der Waals surface area (Å²) in [6, 6.07) is 17.5. The minimum absolute atomic E-state index is 0.142. The fraction of sp³-hybridized carbons (Fsp3) is 0.222. The molecule has 2 unspecified atom stereocenters. The number of amides is 2. The van der Waals surface area contributed by atoms with Gasteiger partial charge in [-0.1, -0.05) is 54.1 Å². The molecule has 5 rings (SSSR count). The number of ether oxygens (including phenoxy) is 1. The number of anilines is 1. The number of rotatable bonds is 5. The molecule has 7 nitrogen and oxygen atoms in total. The lowest BCUT2D eigenvalue weighted by molar-refractivity contribution is -0.274. The van der Waals surface area contributed by atoms with Gasteiger partial charge in [0.2, 0.25) is 0 Å². The molecule has 3 aromatic carbocycles. The Balaban J connectivity index is 1.57. The van der Waals surface area contributed by atoms with Crippen LogP contribution in [0.25, 0.3) is 10.9 Å². The fourth-order valence-corrected chi connectivity index (χ4v) is 4.94. The first-order valence-electron chi connectivity index (χ1n) is 11.8. The van der Waals surface area contributed by atoms with Crippen LogP contribution in [0, 0.1) is 0 Å². The van der Waals surface area contributed by atoms with Crippen molar-refractivity contribution >= 4 is 34.2 Å². The van der Waals surface area contributed by atoms with Crippen LogP contribution in [0.15, 0.2) is 77.6 Å². The van der Waals surface area contributed by atoms with Gasteiger partial charge in [-0.25, -0.2) is 9.78 Å². The lowest BCUT2D eigenvalue weighted by atomic mass is 10.0. The van der Waals surface area contributed by atoms with Gasteiger partial charge in [-0.05, 0) is 49.2 Å². The van der Waals surface area contributed by atoms with Gasteiger partial charge in [0, 0.05) is 11.6 Å². The molecule has 0 radical (unpaired) electrons. The van der Waals surface area contributed by atoms with Gasteiger partial charge in [-0.3, -0.25) is 9.36 Å². The number of carbonyl (C=O) groups is 1. The molecular formula is C27H22ClF3N4O3. The van der Waals surface area contributed by atoms with E-state index < -0.39 is 30.2 Å². The van der Waals surface area contributed by atoms with Crippen molar-refractivity contribution in [1.82, 2.24) is 14.5 Å². The molecule has 38 heavy (non-hydrogen) atoms. The van der Waals surface area contributed by atoms with Crippen LogP contribution in [-0.4, -0.2) is 26.8 Å². The zero-order chi connectivity index (χ0) is 27.0. The number of para-hydroxylation sites is 2. The molecule has 0 saturated carbocycles. The number of nitrogens with zero attached hydrogens (tertiary/aromatic N) is 3. The van der Waals surface area contributed by atoms with Crippen LogP contribution < -0.4 is 15.6 Å². The summed E-state index contributed by atoms with van der Waals surface area (Å²) in [6.45, 7) is 2.13. The first kappa shape index (κ1) is 25.6. The summed E-state index contributed by atoms with van der Waals surface area (Å²) in [4.78, 5) is 33.2. The molecule has 1 aliphatic rings. The lowest BCUT2D eigenvalue weighted by Gasteiger charge is -2.34. The number of alkyl halides is 3. The third-order valence-electron chi connectivity index (χ3n) is 6.49. The summed E-state index contributed by atoms with van der Waals surface area (Å²) >= 11 is 6.08. The number of aromatic nitrogens is 2. The highest BCUT2D eigenvalue weighted by Crippen LogP contribution is 2.38. The third-order valence-corrected chi connectivity index (χ3v) is 6.73. The number of carbonyl (C=O) groups excluding carboxylic acids is 1. The molecule has 0 saturated heterocycles. The van der Waals surface area contributed by atoms with E-state index >= 15 is 0 Å². The summed E-state index contributed by atoms with van der Waals surface area (Å²) in [5.41, 5.74) is 0.827. The number of hydrogen-bond donors (Lipinski definition) is 1. The minimum atomic E-state index is -4.93. The third kappa shape index (κ3) is 5.04. The Hall–Kier alpha value is -4.05. The summed E-state index contributed by atoms with van der Waals surface area (Å²) in [5.74, 6) is -0.146. The lowest BCUT2D eigenvalue weighted by Crippen LogP contribution is -2.40. The second kappa shape index (κ2) is 10.0. The van der Waals surface area contributed by atoms with Crippen LogP contribution >= 0.6 is 11.6 Å². The quantitative estimate of drug-likeness (QED) is 0.305. The molecule has 1 N–H and O–H groups in total. The maximum absolute atomic E-state index is 13.8. The van der Waals surface area contributed by atoms with Crippen LogP contribution in [0.5, 0.6) is 5.75 Å². The smallest absolute Gasteiger partial charge is 0.404 e. The average Bonchev–Trinajstić information content (AvgIpc) is 3.29. The van der Waals surface area contributed by atoms with Gasteiger partial charge in [-0.2, -0.15) is 0 Å². The molecule has 11 heteroatoms. The van der Waals surface area contributed by atoms with Gasteiger partial charge in [0.05, 0.1) is 28.7 Å². The monoisotopic (exact) mass is 542 g/mol. The number of fused-ring (bicyclic) bond motifs is 2. The molecule has 0 bridgehead atoms. The van der Waals surface area contributed by atoms with E-state index in [4.69, 9.17) is 16.6 Å². The van der Waals surface area contributed by atoms with Crippen LogP contribution in [0.1, 0.15) is 36.8 Å². The molecule has 2 atom stereocenters. The Kier molecular flexibility index (Phi) is 6.75. The van der Waals surface area contributed by atoms with Gasteiger partial charge >= 0.3 is 12.4 Å². The van der Waals surface area contributed by atoms with E-state index in [0.717, 1.165) is 11.6 Å². The molecule has 4 aromatic rings. The van der Waals surface area contributed by atoms with E-state index in [1.165, 1.54) is 27.7 Å². The highest BCUT2D eigenvalue weighted by Gasteiger charge is 2.38. The van der Waals surface area contributed by atoms with Crippen molar-refractivity contribution in [3.05, 3.63) is 99.6 Å². The van der Waals surface area contributed by atoms with Crippen molar-refractivity contribution in [3.8, 4) is 5.75 Å². The number of nitrogens with one attached hydrogen (secondary N) is 1. The second-order valence-corrected chi connectivity index (χ2v) is 9.30. The Bertz CT molecular complexity index is 1560. The van der Waals surface area contributed by atoms with Crippen LogP contribution in [0.4, 0.5) is 23.7 Å². The van der Waals surface area contributed by atoms with Gasteiger partial charge in [0.1, 0.15) is 5.82 Å². The molecule has 1 aliphatic heterocycles. The summed E-state index contributed by atoms with van der Waals surface area (Å²) < 4.78 is 44.6. The predicted molar refractivity (Wildman–Crippen MR) is 137 cm³/mol. The molecule has 0 fully saturated rings. The van der Waals surface area contributed by atoms with E-state index in [1.54, 1.807) is 18.2 Å². The average molecular weight is 543 g/mol. The minimum Gasteiger partial charge on any atom is -0.404 e. The molecule has 2 amide bonds. The Morgan fingerprint density at radius 3 is 2.58 bits per heavy atom. The number of benzene rings is 3. The first-order valence-corrected chi connectivity index (χ1v) is 12.2. The van der Waals surface area contributed by atoms with Crippen LogP contribution in [0.2, 0.25) is 5.02 Å². The molecular weight excluding hydrogens is 521 g/mol. The molecule has 196 valence electrons. The summed E-state index contributed by atoms with van der Waals surface area (Å²) in [6.07, 6.45) is -4.55. The van der Waals surface area contributed by atoms with E-state index in [9.17, 15) is 22.8 Å². The molecule has 2 heterocycles. The van der Waals surface area contributed by atoms with Gasteiger partial charge in [-0.15, -0.1) is 13.2 Å². The standard InChI is InChI=1S/C27H22ClF3N4O3/c1-16(17-7-3-2-4-8-17)35(26(37)33-21-9-5-6-10-23(21)38-27(29,30)31)22-13-14-34-24(22)32-20-12-11-18(28)15-19(20)25(34)36/h2-12,15-16,22H,13-14H2,1H3,(H,33,37). The van der Waals surface area contributed by atoms with E-state index in [1.807, 2.05) is 37.3 Å². The van der Waals surface area contributed by atoms with E-state index in [0.29, 0.717) is 34.7 Å². The number of halogens is 4. The Morgan fingerprint density at radius 2 is 1.84 bits per heavy atom. The highest BCUT2D eigenvalue weighted by molar-refractivity contribution is 6.31. The summed E-state index contributed by atoms with van der Waals surface area (Å²) in [5, 5.41) is 3.36. The van der Waals surface area contributed by atoms with Crippen molar-refractivity contribution in [1.29, 1.82) is 0 Å². The molecule has 0 spiro atoms. The zero-order valence-electron chi connectivity index (χ0n) is 20.1. The topological polar surface area (TPSA) is 76.5 Å². The van der Waals surface area contributed by atoms with Crippen LogP contribution in [-0.2, 0) is 6.54 Å². The SMILES string of the molecule is CC(c1ccccc1)N(C(=O)Nc1ccccc1OC(F)(F)F)C1CCn2c1nc1ccc(Cl)cc1c2=O. The van der Waals surface area contributed by atoms with Crippen molar-refractivity contribution in [3.63, 3.8) is 0 Å². The highest BCUT2D eigenvalue weighted by atomic mass is 35.5. The number of urea groups is 1. The zero-order valence-corrected chi connectivity index (χ0v) is 20.8. The van der Waals surface area contributed by atoms with Gasteiger partial charge in [0.25, 0.3) is 5.56 Å². The summed E-state index contributed by atoms with van der Waals surface area (Å²) in [7, 11) is 0. The maximum Gasteiger partial charge on any atom is 0.573 e. The normalized spacial score (nSPS) is 15.7. The Morgan fingerprint density at radius 1 is 1.13 bits per heavy atom. The van der Waals surface area contributed by atoms with Crippen molar-refractivity contribution in [2.24, 2.45) is 0 Å².